The second-order valence-electron chi connectivity index (χ2n) is 3.20. The van der Waals surface area contributed by atoms with E-state index < -0.39 is 5.97 Å². The first-order valence-corrected chi connectivity index (χ1v) is 5.20. The fourth-order valence-electron chi connectivity index (χ4n) is 1.40. The maximum Gasteiger partial charge on any atom is 0.358 e. The van der Waals surface area contributed by atoms with Gasteiger partial charge in [-0.1, -0.05) is 34.4 Å². The van der Waals surface area contributed by atoms with Crippen molar-refractivity contribution < 1.29 is 14.4 Å². The van der Waals surface area contributed by atoms with Crippen LogP contribution in [-0.2, 0) is 0 Å². The monoisotopic (exact) mass is 272 g/mol. The zero-order valence-electron chi connectivity index (χ0n) is 8.28. The first-order valence-electron chi connectivity index (χ1n) is 4.44. The predicted molar refractivity (Wildman–Crippen MR) is 63.3 cm³/mol. The quantitative estimate of drug-likeness (QED) is 0.877. The molecular weight excluding hydrogens is 267 g/mol. The predicted octanol–water partition coefficient (Wildman–Crippen LogP) is 2.93. The van der Waals surface area contributed by atoms with E-state index in [0.717, 1.165) is 0 Å². The Morgan fingerprint density at radius 1 is 1.41 bits per heavy atom. The Hall–Kier alpha value is -1.72. The molecule has 0 saturated carbocycles. The number of nitrogen functional groups attached to an aromatic ring is 1. The largest absolute Gasteiger partial charge is 0.476 e. The molecule has 88 valence electrons. The fraction of sp³-hybridized carbons (Fsp3) is 0. The number of aromatic carboxylic acids is 1. The van der Waals surface area contributed by atoms with Crippen molar-refractivity contribution in [2.45, 2.75) is 0 Å². The van der Waals surface area contributed by atoms with Crippen LogP contribution in [0.4, 0.5) is 5.88 Å². The Morgan fingerprint density at radius 3 is 2.71 bits per heavy atom. The average molecular weight is 273 g/mol. The van der Waals surface area contributed by atoms with Crippen LogP contribution in [0.3, 0.4) is 0 Å². The molecule has 0 atom stereocenters. The van der Waals surface area contributed by atoms with Crippen molar-refractivity contribution in [3.05, 3.63) is 33.9 Å². The zero-order chi connectivity index (χ0) is 12.6. The minimum atomic E-state index is -1.24. The lowest BCUT2D eigenvalue weighted by Crippen LogP contribution is -2.00. The van der Waals surface area contributed by atoms with Gasteiger partial charge in [0.2, 0.25) is 11.6 Å². The summed E-state index contributed by atoms with van der Waals surface area (Å²) >= 11 is 11.7. The van der Waals surface area contributed by atoms with Crippen molar-refractivity contribution >= 4 is 35.1 Å². The molecule has 1 aromatic heterocycles. The summed E-state index contributed by atoms with van der Waals surface area (Å²) in [6, 6.07) is 4.61. The van der Waals surface area contributed by atoms with Gasteiger partial charge in [-0.05, 0) is 12.1 Å². The van der Waals surface area contributed by atoms with Crippen molar-refractivity contribution in [3.63, 3.8) is 0 Å². The Balaban J connectivity index is 2.67. The van der Waals surface area contributed by atoms with E-state index in [2.05, 4.69) is 9.68 Å². The molecule has 0 spiro atoms. The third-order valence-corrected chi connectivity index (χ3v) is 2.67. The number of aromatic nitrogens is 1. The number of carboxylic acid groups (broad SMARTS) is 1. The van der Waals surface area contributed by atoms with Crippen LogP contribution >= 0.6 is 23.2 Å². The van der Waals surface area contributed by atoms with E-state index in [0.29, 0.717) is 10.6 Å². The molecule has 7 heteroatoms. The van der Waals surface area contributed by atoms with Crippen LogP contribution in [0.2, 0.25) is 10.0 Å². The lowest BCUT2D eigenvalue weighted by atomic mass is 10.1. The van der Waals surface area contributed by atoms with E-state index in [1.165, 1.54) is 6.07 Å². The molecule has 0 aliphatic carbocycles. The maximum atomic E-state index is 10.9. The van der Waals surface area contributed by atoms with Crippen LogP contribution in [0.5, 0.6) is 0 Å². The van der Waals surface area contributed by atoms with Crippen molar-refractivity contribution in [1.82, 2.24) is 5.16 Å². The van der Waals surface area contributed by atoms with Crippen LogP contribution in [-0.4, -0.2) is 16.2 Å². The SMILES string of the molecule is Nc1onc(C(=O)O)c1-c1ccc(Cl)cc1Cl. The van der Waals surface area contributed by atoms with Crippen LogP contribution < -0.4 is 5.73 Å². The van der Waals surface area contributed by atoms with Gasteiger partial charge in [0.1, 0.15) is 0 Å². The summed E-state index contributed by atoms with van der Waals surface area (Å²) in [6.45, 7) is 0. The molecule has 2 rings (SSSR count). The molecule has 1 aromatic carbocycles. The van der Waals surface area contributed by atoms with Crippen LogP contribution in [0.15, 0.2) is 22.7 Å². The van der Waals surface area contributed by atoms with Gasteiger partial charge in [-0.25, -0.2) is 4.79 Å². The number of benzene rings is 1. The van der Waals surface area contributed by atoms with E-state index >= 15 is 0 Å². The number of anilines is 1. The number of nitrogens with zero attached hydrogens (tertiary/aromatic N) is 1. The Morgan fingerprint density at radius 2 is 2.12 bits per heavy atom. The van der Waals surface area contributed by atoms with Crippen LogP contribution in [0, 0.1) is 0 Å². The molecule has 0 unspecified atom stereocenters. The minimum absolute atomic E-state index is 0.105. The highest BCUT2D eigenvalue weighted by molar-refractivity contribution is 6.36. The van der Waals surface area contributed by atoms with Gasteiger partial charge in [0.25, 0.3) is 0 Å². The van der Waals surface area contributed by atoms with Crippen molar-refractivity contribution in [2.24, 2.45) is 0 Å². The lowest BCUT2D eigenvalue weighted by Gasteiger charge is -2.03. The second kappa shape index (κ2) is 4.27. The topological polar surface area (TPSA) is 89.4 Å². The van der Waals surface area contributed by atoms with Gasteiger partial charge in [0.05, 0.1) is 10.6 Å². The van der Waals surface area contributed by atoms with E-state index in [-0.39, 0.29) is 22.2 Å². The summed E-state index contributed by atoms with van der Waals surface area (Å²) in [4.78, 5) is 10.9. The number of hydrogen-bond donors (Lipinski definition) is 2. The van der Waals surface area contributed by atoms with E-state index in [1.807, 2.05) is 0 Å². The lowest BCUT2D eigenvalue weighted by molar-refractivity contribution is 0.0686. The number of carboxylic acids is 1. The Bertz CT molecular complexity index is 595. The fourth-order valence-corrected chi connectivity index (χ4v) is 1.90. The normalized spacial score (nSPS) is 10.5. The molecule has 0 saturated heterocycles. The summed E-state index contributed by atoms with van der Waals surface area (Å²) in [7, 11) is 0. The highest BCUT2D eigenvalue weighted by Gasteiger charge is 2.23. The first kappa shape index (κ1) is 11.8. The van der Waals surface area contributed by atoms with Gasteiger partial charge in [0, 0.05) is 10.6 Å². The summed E-state index contributed by atoms with van der Waals surface area (Å²) < 4.78 is 4.65. The van der Waals surface area contributed by atoms with Crippen molar-refractivity contribution in [3.8, 4) is 11.1 Å². The van der Waals surface area contributed by atoms with Crippen LogP contribution in [0.25, 0.3) is 11.1 Å². The number of hydrogen-bond acceptors (Lipinski definition) is 4. The molecule has 0 radical (unpaired) electrons. The standard InChI is InChI=1S/C10H6Cl2N2O3/c11-4-1-2-5(6(12)3-4)7-8(10(15)16)14-17-9(7)13/h1-3H,13H2,(H,15,16). The molecule has 17 heavy (non-hydrogen) atoms. The number of rotatable bonds is 2. The zero-order valence-corrected chi connectivity index (χ0v) is 9.79. The second-order valence-corrected chi connectivity index (χ2v) is 4.04. The first-order chi connectivity index (χ1) is 8.00. The highest BCUT2D eigenvalue weighted by atomic mass is 35.5. The van der Waals surface area contributed by atoms with Crippen molar-refractivity contribution in [2.75, 3.05) is 5.73 Å². The smallest absolute Gasteiger partial charge is 0.358 e. The third kappa shape index (κ3) is 2.07. The summed E-state index contributed by atoms with van der Waals surface area (Å²) in [5, 5.41) is 13.0. The molecule has 0 fully saturated rings. The van der Waals surface area contributed by atoms with Gasteiger partial charge < -0.3 is 15.4 Å². The molecule has 5 nitrogen and oxygen atoms in total. The van der Waals surface area contributed by atoms with Gasteiger partial charge >= 0.3 is 5.97 Å². The molecule has 0 bridgehead atoms. The molecule has 3 N–H and O–H groups in total. The molecule has 2 aromatic rings. The average Bonchev–Trinajstić information content (AvgIpc) is 2.60. The van der Waals surface area contributed by atoms with Gasteiger partial charge in [-0.15, -0.1) is 0 Å². The third-order valence-electron chi connectivity index (χ3n) is 2.12. The minimum Gasteiger partial charge on any atom is -0.476 e. The molecule has 1 heterocycles. The molecular formula is C10H6Cl2N2O3. The van der Waals surface area contributed by atoms with Gasteiger partial charge in [0.15, 0.2) is 0 Å². The summed E-state index contributed by atoms with van der Waals surface area (Å²) in [6.07, 6.45) is 0. The van der Waals surface area contributed by atoms with Gasteiger partial charge in [-0.2, -0.15) is 0 Å². The summed E-state index contributed by atoms with van der Waals surface area (Å²) in [5.41, 5.74) is 5.81. The molecule has 0 aliphatic rings. The molecule has 0 amide bonds. The maximum absolute atomic E-state index is 10.9. The highest BCUT2D eigenvalue weighted by Crippen LogP contribution is 2.36. The van der Waals surface area contributed by atoms with Crippen molar-refractivity contribution in [1.29, 1.82) is 0 Å². The van der Waals surface area contributed by atoms with E-state index in [1.54, 1.807) is 12.1 Å². The van der Waals surface area contributed by atoms with Crippen LogP contribution in [0.1, 0.15) is 10.5 Å². The Kier molecular flexibility index (Phi) is 2.95. The number of nitrogens with two attached hydrogens (primary N) is 1. The van der Waals surface area contributed by atoms with Gasteiger partial charge in [-0.3, -0.25) is 0 Å². The number of halogens is 2. The molecule has 0 aliphatic heterocycles. The number of carbonyl (C=O) groups is 1. The van der Waals surface area contributed by atoms with E-state index in [9.17, 15) is 4.79 Å². The Labute approximate surface area is 106 Å². The summed E-state index contributed by atoms with van der Waals surface area (Å²) in [5.74, 6) is -1.35. The van der Waals surface area contributed by atoms with E-state index in [4.69, 9.17) is 34.0 Å².